The molecule has 0 unspecified atom stereocenters. The second-order valence-electron chi connectivity index (χ2n) is 6.67. The molecule has 0 spiro atoms. The molecule has 0 aromatic heterocycles. The van der Waals surface area contributed by atoms with Crippen LogP contribution in [0.25, 0.3) is 0 Å². The summed E-state index contributed by atoms with van der Waals surface area (Å²) in [5, 5.41) is 0. The summed E-state index contributed by atoms with van der Waals surface area (Å²) in [4.78, 5) is 38.9. The molecule has 30 heavy (non-hydrogen) atoms. The van der Waals surface area contributed by atoms with E-state index in [1.807, 2.05) is 0 Å². The van der Waals surface area contributed by atoms with Crippen molar-refractivity contribution < 1.29 is 33.3 Å². The van der Waals surface area contributed by atoms with Gasteiger partial charge in [0.05, 0.1) is 38.5 Å². The standard InChI is InChI=1S/C22H23NO7/c1-27-15-8-9-16(20(11-15)29-3)18(24)13-30-22(26)14-10-21(25)23(12-14)17-6-4-5-7-19(17)28-2/h4-9,11,14H,10,12-13H2,1-3H3/t14-/m1/s1. The number of para-hydroxylation sites is 2. The van der Waals surface area contributed by atoms with Gasteiger partial charge in [-0.3, -0.25) is 14.4 Å². The Bertz CT molecular complexity index is 956. The van der Waals surface area contributed by atoms with Crippen LogP contribution in [0.1, 0.15) is 16.8 Å². The summed E-state index contributed by atoms with van der Waals surface area (Å²) in [6.45, 7) is -0.279. The number of Topliss-reactive ketones (excluding diaryl/α,β-unsaturated/α-hetero) is 1. The molecule has 1 heterocycles. The van der Waals surface area contributed by atoms with Crippen LogP contribution < -0.4 is 19.1 Å². The van der Waals surface area contributed by atoms with E-state index in [1.165, 1.54) is 26.2 Å². The highest BCUT2D eigenvalue weighted by atomic mass is 16.5. The van der Waals surface area contributed by atoms with Gasteiger partial charge in [-0.05, 0) is 24.3 Å². The van der Waals surface area contributed by atoms with Gasteiger partial charge < -0.3 is 23.8 Å². The number of methoxy groups -OCH3 is 3. The van der Waals surface area contributed by atoms with Crippen molar-refractivity contribution in [2.75, 3.05) is 39.4 Å². The number of rotatable bonds is 8. The highest BCUT2D eigenvalue weighted by molar-refractivity contribution is 6.02. The minimum absolute atomic E-state index is 0.0108. The smallest absolute Gasteiger partial charge is 0.311 e. The van der Waals surface area contributed by atoms with Gasteiger partial charge in [0.1, 0.15) is 17.2 Å². The fourth-order valence-corrected chi connectivity index (χ4v) is 3.31. The molecule has 0 aliphatic carbocycles. The van der Waals surface area contributed by atoms with Gasteiger partial charge in [-0.25, -0.2) is 0 Å². The van der Waals surface area contributed by atoms with E-state index in [1.54, 1.807) is 42.5 Å². The minimum Gasteiger partial charge on any atom is -0.497 e. The average Bonchev–Trinajstić information content (AvgIpc) is 3.18. The summed E-state index contributed by atoms with van der Waals surface area (Å²) >= 11 is 0. The van der Waals surface area contributed by atoms with Gasteiger partial charge in [0.15, 0.2) is 6.61 Å². The van der Waals surface area contributed by atoms with Crippen LogP contribution in [0.4, 0.5) is 5.69 Å². The summed E-state index contributed by atoms with van der Waals surface area (Å²) < 4.78 is 20.8. The van der Waals surface area contributed by atoms with E-state index < -0.39 is 24.3 Å². The lowest BCUT2D eigenvalue weighted by Crippen LogP contribution is -2.27. The van der Waals surface area contributed by atoms with Crippen molar-refractivity contribution in [3.05, 3.63) is 48.0 Å². The highest BCUT2D eigenvalue weighted by Gasteiger charge is 2.37. The SMILES string of the molecule is COc1ccc(C(=O)COC(=O)[C@@H]2CC(=O)N(c3ccccc3OC)C2)c(OC)c1. The highest BCUT2D eigenvalue weighted by Crippen LogP contribution is 2.33. The second kappa shape index (κ2) is 9.30. The Labute approximate surface area is 174 Å². The predicted molar refractivity (Wildman–Crippen MR) is 108 cm³/mol. The van der Waals surface area contributed by atoms with Crippen LogP contribution in [0.2, 0.25) is 0 Å². The molecule has 158 valence electrons. The Morgan fingerprint density at radius 1 is 1.00 bits per heavy atom. The van der Waals surface area contributed by atoms with Crippen molar-refractivity contribution in [2.45, 2.75) is 6.42 Å². The summed E-state index contributed by atoms with van der Waals surface area (Å²) in [7, 11) is 4.47. The number of nitrogens with zero attached hydrogens (tertiary/aromatic N) is 1. The van der Waals surface area contributed by atoms with Crippen molar-refractivity contribution in [3.63, 3.8) is 0 Å². The Morgan fingerprint density at radius 2 is 1.73 bits per heavy atom. The zero-order valence-electron chi connectivity index (χ0n) is 17.0. The molecule has 1 saturated heterocycles. The first kappa shape index (κ1) is 21.2. The van der Waals surface area contributed by atoms with Crippen molar-refractivity contribution in [1.82, 2.24) is 0 Å². The van der Waals surface area contributed by atoms with Crippen molar-refractivity contribution in [3.8, 4) is 17.2 Å². The molecule has 1 atom stereocenters. The number of hydrogen-bond donors (Lipinski definition) is 0. The first-order valence-electron chi connectivity index (χ1n) is 9.33. The number of anilines is 1. The zero-order valence-corrected chi connectivity index (χ0v) is 17.0. The Balaban J connectivity index is 1.63. The molecule has 1 aliphatic heterocycles. The van der Waals surface area contributed by atoms with Crippen molar-refractivity contribution >= 4 is 23.3 Å². The van der Waals surface area contributed by atoms with Crippen LogP contribution in [-0.4, -0.2) is 52.1 Å². The Hall–Kier alpha value is -3.55. The van der Waals surface area contributed by atoms with E-state index in [0.29, 0.717) is 22.9 Å². The molecule has 2 aromatic carbocycles. The van der Waals surface area contributed by atoms with E-state index in [9.17, 15) is 14.4 Å². The first-order valence-corrected chi connectivity index (χ1v) is 9.33. The summed E-state index contributed by atoms with van der Waals surface area (Å²) in [5.41, 5.74) is 0.878. The lowest BCUT2D eigenvalue weighted by Gasteiger charge is -2.19. The van der Waals surface area contributed by atoms with Crippen LogP contribution >= 0.6 is 0 Å². The van der Waals surface area contributed by atoms with Crippen LogP contribution in [0.15, 0.2) is 42.5 Å². The summed E-state index contributed by atoms with van der Waals surface area (Å²) in [6.07, 6.45) is 0.0108. The fourth-order valence-electron chi connectivity index (χ4n) is 3.31. The van der Waals surface area contributed by atoms with Crippen LogP contribution in [0, 0.1) is 5.92 Å². The van der Waals surface area contributed by atoms with Gasteiger partial charge in [-0.1, -0.05) is 12.1 Å². The maximum absolute atomic E-state index is 12.5. The maximum atomic E-state index is 12.5. The molecule has 8 nitrogen and oxygen atoms in total. The number of amides is 1. The molecule has 0 saturated carbocycles. The van der Waals surface area contributed by atoms with Crippen molar-refractivity contribution in [2.24, 2.45) is 5.92 Å². The summed E-state index contributed by atoms with van der Waals surface area (Å²) in [6, 6.07) is 11.8. The maximum Gasteiger partial charge on any atom is 0.311 e. The number of ether oxygens (including phenoxy) is 4. The van der Waals surface area contributed by atoms with Crippen LogP contribution in [-0.2, 0) is 14.3 Å². The third-order valence-electron chi connectivity index (χ3n) is 4.89. The van der Waals surface area contributed by atoms with Gasteiger partial charge in [-0.15, -0.1) is 0 Å². The third kappa shape index (κ3) is 4.37. The molecule has 3 rings (SSSR count). The van der Waals surface area contributed by atoms with Crippen LogP contribution in [0.3, 0.4) is 0 Å². The number of benzene rings is 2. The molecule has 0 N–H and O–H groups in total. The second-order valence-corrected chi connectivity index (χ2v) is 6.67. The topological polar surface area (TPSA) is 91.4 Å². The van der Waals surface area contributed by atoms with Crippen molar-refractivity contribution in [1.29, 1.82) is 0 Å². The molecule has 1 fully saturated rings. The Kier molecular flexibility index (Phi) is 6.56. The number of carbonyl (C=O) groups is 3. The average molecular weight is 413 g/mol. The summed E-state index contributed by atoms with van der Waals surface area (Å²) in [5.74, 6) is -0.454. The molecular weight excluding hydrogens is 390 g/mol. The lowest BCUT2D eigenvalue weighted by molar-refractivity contribution is -0.147. The van der Waals surface area contributed by atoms with Gasteiger partial charge in [-0.2, -0.15) is 0 Å². The molecule has 0 bridgehead atoms. The molecule has 1 amide bonds. The normalized spacial score (nSPS) is 15.6. The number of ketones is 1. The zero-order chi connectivity index (χ0) is 21.7. The molecule has 0 radical (unpaired) electrons. The largest absolute Gasteiger partial charge is 0.497 e. The van der Waals surface area contributed by atoms with Gasteiger partial charge in [0, 0.05) is 19.0 Å². The minimum atomic E-state index is -0.659. The molecule has 2 aromatic rings. The molecule has 1 aliphatic rings. The molecular formula is C22H23NO7. The van der Waals surface area contributed by atoms with E-state index in [0.717, 1.165) is 0 Å². The van der Waals surface area contributed by atoms with E-state index in [2.05, 4.69) is 0 Å². The van der Waals surface area contributed by atoms with E-state index >= 15 is 0 Å². The van der Waals surface area contributed by atoms with E-state index in [4.69, 9.17) is 18.9 Å². The van der Waals surface area contributed by atoms with Crippen LogP contribution in [0.5, 0.6) is 17.2 Å². The number of carbonyl (C=O) groups excluding carboxylic acids is 3. The number of esters is 1. The van der Waals surface area contributed by atoms with E-state index in [-0.39, 0.29) is 24.4 Å². The monoisotopic (exact) mass is 413 g/mol. The third-order valence-corrected chi connectivity index (χ3v) is 4.89. The predicted octanol–water partition coefficient (Wildman–Crippen LogP) is 2.49. The first-order chi connectivity index (χ1) is 14.5. The quantitative estimate of drug-likeness (QED) is 0.485. The van der Waals surface area contributed by atoms with Gasteiger partial charge >= 0.3 is 5.97 Å². The number of hydrogen-bond acceptors (Lipinski definition) is 7. The molecule has 8 heteroatoms. The van der Waals surface area contributed by atoms with Gasteiger partial charge in [0.25, 0.3) is 0 Å². The van der Waals surface area contributed by atoms with Gasteiger partial charge in [0.2, 0.25) is 11.7 Å². The fraction of sp³-hybridized carbons (Fsp3) is 0.318. The lowest BCUT2D eigenvalue weighted by atomic mass is 10.1. The Morgan fingerprint density at radius 3 is 2.43 bits per heavy atom.